The molecule has 0 aliphatic carbocycles. The van der Waals surface area contributed by atoms with Crippen LogP contribution in [0.25, 0.3) is 0 Å². The SMILES string of the molecule is CCNC(C)c1cnn(CCOC(F)(F)F)c1. The number of hydrogen-bond acceptors (Lipinski definition) is 3. The van der Waals surface area contributed by atoms with Crippen LogP contribution in [0.5, 0.6) is 0 Å². The third-order valence-corrected chi connectivity index (χ3v) is 2.25. The van der Waals surface area contributed by atoms with Crippen LogP contribution in [0, 0.1) is 0 Å². The van der Waals surface area contributed by atoms with Gasteiger partial charge in [-0.25, -0.2) is 0 Å². The maximum Gasteiger partial charge on any atom is 0.522 e. The van der Waals surface area contributed by atoms with Crippen molar-refractivity contribution in [2.75, 3.05) is 13.2 Å². The Morgan fingerprint density at radius 1 is 1.53 bits per heavy atom. The van der Waals surface area contributed by atoms with Crippen molar-refractivity contribution in [1.82, 2.24) is 15.1 Å². The van der Waals surface area contributed by atoms with Gasteiger partial charge in [-0.15, -0.1) is 13.2 Å². The van der Waals surface area contributed by atoms with Crippen LogP contribution in [0.3, 0.4) is 0 Å². The summed E-state index contributed by atoms with van der Waals surface area (Å²) in [4.78, 5) is 0. The Morgan fingerprint density at radius 2 is 2.24 bits per heavy atom. The Morgan fingerprint density at radius 3 is 2.82 bits per heavy atom. The zero-order chi connectivity index (χ0) is 12.9. The zero-order valence-electron chi connectivity index (χ0n) is 9.79. The maximum absolute atomic E-state index is 11.7. The molecule has 1 N–H and O–H groups in total. The van der Waals surface area contributed by atoms with Gasteiger partial charge in [0.2, 0.25) is 0 Å². The number of hydrogen-bond donors (Lipinski definition) is 1. The Labute approximate surface area is 97.8 Å². The molecular weight excluding hydrogens is 235 g/mol. The van der Waals surface area contributed by atoms with Gasteiger partial charge in [-0.1, -0.05) is 6.92 Å². The highest BCUT2D eigenvalue weighted by molar-refractivity contribution is 5.08. The molecule has 1 rings (SSSR count). The third kappa shape index (κ3) is 5.18. The summed E-state index contributed by atoms with van der Waals surface area (Å²) < 4.78 is 40.3. The van der Waals surface area contributed by atoms with Gasteiger partial charge >= 0.3 is 6.36 Å². The summed E-state index contributed by atoms with van der Waals surface area (Å²) in [5, 5.41) is 7.16. The quantitative estimate of drug-likeness (QED) is 0.841. The summed E-state index contributed by atoms with van der Waals surface area (Å²) in [6.45, 7) is 4.43. The normalized spacial score (nSPS) is 13.9. The second-order valence-electron chi connectivity index (χ2n) is 3.61. The number of ether oxygens (including phenoxy) is 1. The number of nitrogens with zero attached hydrogens (tertiary/aromatic N) is 2. The van der Waals surface area contributed by atoms with E-state index in [2.05, 4.69) is 15.2 Å². The minimum Gasteiger partial charge on any atom is -0.310 e. The molecule has 7 heteroatoms. The van der Waals surface area contributed by atoms with Crippen molar-refractivity contribution in [3.63, 3.8) is 0 Å². The molecule has 0 aromatic carbocycles. The molecule has 1 atom stereocenters. The highest BCUT2D eigenvalue weighted by Gasteiger charge is 2.28. The Balaban J connectivity index is 2.40. The maximum atomic E-state index is 11.7. The number of rotatable bonds is 6. The van der Waals surface area contributed by atoms with Gasteiger partial charge in [0.1, 0.15) is 0 Å². The molecule has 4 nitrogen and oxygen atoms in total. The van der Waals surface area contributed by atoms with Crippen LogP contribution < -0.4 is 5.32 Å². The molecule has 0 saturated heterocycles. The minimum atomic E-state index is -4.58. The lowest BCUT2D eigenvalue weighted by molar-refractivity contribution is -0.325. The first-order chi connectivity index (χ1) is 7.92. The van der Waals surface area contributed by atoms with Gasteiger partial charge in [-0.05, 0) is 13.5 Å². The van der Waals surface area contributed by atoms with Gasteiger partial charge in [-0.2, -0.15) is 5.10 Å². The van der Waals surface area contributed by atoms with Crippen LogP contribution >= 0.6 is 0 Å². The molecule has 0 aliphatic rings. The number of alkyl halides is 3. The van der Waals surface area contributed by atoms with E-state index in [-0.39, 0.29) is 12.6 Å². The monoisotopic (exact) mass is 251 g/mol. The van der Waals surface area contributed by atoms with Crippen LogP contribution in [-0.4, -0.2) is 29.3 Å². The van der Waals surface area contributed by atoms with Gasteiger partial charge in [0.15, 0.2) is 0 Å². The number of nitrogens with one attached hydrogen (secondary N) is 1. The van der Waals surface area contributed by atoms with Crippen LogP contribution in [0.2, 0.25) is 0 Å². The molecule has 0 fully saturated rings. The van der Waals surface area contributed by atoms with Crippen molar-refractivity contribution in [3.05, 3.63) is 18.0 Å². The van der Waals surface area contributed by atoms with E-state index in [1.165, 1.54) is 4.68 Å². The molecule has 1 unspecified atom stereocenters. The molecule has 1 aromatic heterocycles. The lowest BCUT2D eigenvalue weighted by Crippen LogP contribution is -2.18. The standard InChI is InChI=1S/C10H16F3N3O/c1-3-14-8(2)9-6-15-16(7-9)4-5-17-10(11,12)13/h6-8,14H,3-5H2,1-2H3. The molecule has 1 heterocycles. The van der Waals surface area contributed by atoms with Crippen molar-refractivity contribution >= 4 is 0 Å². The Bertz CT molecular complexity index is 338. The molecule has 0 radical (unpaired) electrons. The Hall–Kier alpha value is -1.08. The number of aromatic nitrogens is 2. The van der Waals surface area contributed by atoms with Crippen molar-refractivity contribution in [2.24, 2.45) is 0 Å². The first-order valence-electron chi connectivity index (χ1n) is 5.39. The van der Waals surface area contributed by atoms with Crippen LogP contribution in [0.1, 0.15) is 25.5 Å². The molecule has 0 aliphatic heterocycles. The first-order valence-corrected chi connectivity index (χ1v) is 5.39. The zero-order valence-corrected chi connectivity index (χ0v) is 9.79. The number of halogens is 3. The molecule has 98 valence electrons. The predicted molar refractivity (Wildman–Crippen MR) is 56.3 cm³/mol. The molecule has 0 bridgehead atoms. The van der Waals surface area contributed by atoms with E-state index in [4.69, 9.17) is 0 Å². The van der Waals surface area contributed by atoms with Crippen LogP contribution in [0.15, 0.2) is 12.4 Å². The van der Waals surface area contributed by atoms with E-state index in [0.29, 0.717) is 0 Å². The molecule has 0 amide bonds. The van der Waals surface area contributed by atoms with Crippen molar-refractivity contribution in [1.29, 1.82) is 0 Å². The predicted octanol–water partition coefficient (Wildman–Crippen LogP) is 2.09. The summed E-state index contributed by atoms with van der Waals surface area (Å²) in [7, 11) is 0. The molecule has 0 spiro atoms. The van der Waals surface area contributed by atoms with Crippen molar-refractivity contribution in [3.8, 4) is 0 Å². The fourth-order valence-corrected chi connectivity index (χ4v) is 1.40. The summed E-state index contributed by atoms with van der Waals surface area (Å²) in [6.07, 6.45) is -1.22. The summed E-state index contributed by atoms with van der Waals surface area (Å²) in [6, 6.07) is 0.136. The van der Waals surface area contributed by atoms with Gasteiger partial charge in [0.25, 0.3) is 0 Å². The fraction of sp³-hybridized carbons (Fsp3) is 0.700. The average molecular weight is 251 g/mol. The van der Waals surface area contributed by atoms with Gasteiger partial charge < -0.3 is 5.32 Å². The second kappa shape index (κ2) is 6.02. The van der Waals surface area contributed by atoms with E-state index < -0.39 is 13.0 Å². The summed E-state index contributed by atoms with van der Waals surface area (Å²) in [5.74, 6) is 0. The van der Waals surface area contributed by atoms with Gasteiger partial charge in [0.05, 0.1) is 19.3 Å². The summed E-state index contributed by atoms with van der Waals surface area (Å²) in [5.41, 5.74) is 0.943. The highest BCUT2D eigenvalue weighted by Crippen LogP contribution is 2.16. The Kier molecular flexibility index (Phi) is 4.95. The van der Waals surface area contributed by atoms with E-state index in [1.807, 2.05) is 13.8 Å². The minimum absolute atomic E-state index is 0.0817. The first kappa shape index (κ1) is 14.0. The summed E-state index contributed by atoms with van der Waals surface area (Å²) >= 11 is 0. The molecule has 1 aromatic rings. The van der Waals surface area contributed by atoms with Gasteiger partial charge in [0, 0.05) is 17.8 Å². The van der Waals surface area contributed by atoms with E-state index in [9.17, 15) is 13.2 Å². The van der Waals surface area contributed by atoms with E-state index in [0.717, 1.165) is 12.1 Å². The largest absolute Gasteiger partial charge is 0.522 e. The van der Waals surface area contributed by atoms with Crippen molar-refractivity contribution < 1.29 is 17.9 Å². The highest BCUT2D eigenvalue weighted by atomic mass is 19.4. The molecule has 17 heavy (non-hydrogen) atoms. The smallest absolute Gasteiger partial charge is 0.310 e. The molecular formula is C10H16F3N3O. The lowest BCUT2D eigenvalue weighted by Gasteiger charge is -2.09. The van der Waals surface area contributed by atoms with Crippen LogP contribution in [-0.2, 0) is 11.3 Å². The fourth-order valence-electron chi connectivity index (χ4n) is 1.40. The van der Waals surface area contributed by atoms with Crippen LogP contribution in [0.4, 0.5) is 13.2 Å². The van der Waals surface area contributed by atoms with E-state index in [1.54, 1.807) is 12.4 Å². The van der Waals surface area contributed by atoms with Gasteiger partial charge in [-0.3, -0.25) is 9.42 Å². The molecule has 0 saturated carbocycles. The third-order valence-electron chi connectivity index (χ3n) is 2.25. The topological polar surface area (TPSA) is 39.1 Å². The second-order valence-corrected chi connectivity index (χ2v) is 3.61. The lowest BCUT2D eigenvalue weighted by atomic mass is 10.2. The van der Waals surface area contributed by atoms with E-state index >= 15 is 0 Å². The average Bonchev–Trinajstić information content (AvgIpc) is 2.65. The van der Waals surface area contributed by atoms with Crippen molar-refractivity contribution in [2.45, 2.75) is 32.8 Å².